The quantitative estimate of drug-likeness (QED) is 0.841. The van der Waals surface area contributed by atoms with Crippen molar-refractivity contribution >= 4 is 0 Å². The highest BCUT2D eigenvalue weighted by Crippen LogP contribution is 2.35. The van der Waals surface area contributed by atoms with Gasteiger partial charge in [-0.2, -0.15) is 0 Å². The van der Waals surface area contributed by atoms with Crippen molar-refractivity contribution in [1.82, 2.24) is 15.1 Å². The summed E-state index contributed by atoms with van der Waals surface area (Å²) in [5, 5.41) is 3.73. The van der Waals surface area contributed by atoms with E-state index in [-0.39, 0.29) is 0 Å². The SMILES string of the molecule is CCC1NCCC1N1CCC(N2CCCC2CC)C1CC. The third-order valence-electron chi connectivity index (χ3n) is 6.47. The van der Waals surface area contributed by atoms with Crippen LogP contribution in [0.5, 0.6) is 0 Å². The highest BCUT2D eigenvalue weighted by atomic mass is 15.3. The van der Waals surface area contributed by atoms with E-state index in [1.807, 2.05) is 0 Å². The average Bonchev–Trinajstić information content (AvgIpc) is 3.23. The van der Waals surface area contributed by atoms with E-state index >= 15 is 0 Å². The van der Waals surface area contributed by atoms with Crippen molar-refractivity contribution in [1.29, 1.82) is 0 Å². The molecule has 3 nitrogen and oxygen atoms in total. The second-order valence-corrected chi connectivity index (χ2v) is 7.34. The molecule has 0 aromatic rings. The molecule has 3 aliphatic heterocycles. The average molecular weight is 293 g/mol. The largest absolute Gasteiger partial charge is 0.312 e. The summed E-state index contributed by atoms with van der Waals surface area (Å²) in [6.45, 7) is 11.0. The topological polar surface area (TPSA) is 18.5 Å². The molecular formula is C18H35N3. The molecule has 122 valence electrons. The van der Waals surface area contributed by atoms with Crippen molar-refractivity contribution < 1.29 is 0 Å². The highest BCUT2D eigenvalue weighted by molar-refractivity contribution is 5.02. The lowest BCUT2D eigenvalue weighted by Gasteiger charge is -2.39. The fourth-order valence-corrected chi connectivity index (χ4v) is 5.47. The molecule has 3 rings (SSSR count). The second-order valence-electron chi connectivity index (χ2n) is 7.34. The molecule has 3 heteroatoms. The molecule has 0 aromatic carbocycles. The molecule has 0 bridgehead atoms. The lowest BCUT2D eigenvalue weighted by molar-refractivity contribution is 0.0957. The van der Waals surface area contributed by atoms with E-state index in [0.717, 1.165) is 30.2 Å². The first-order valence-corrected chi connectivity index (χ1v) is 9.54. The van der Waals surface area contributed by atoms with Gasteiger partial charge in [0.05, 0.1) is 0 Å². The van der Waals surface area contributed by atoms with Gasteiger partial charge in [0.25, 0.3) is 0 Å². The Labute approximate surface area is 131 Å². The van der Waals surface area contributed by atoms with Gasteiger partial charge in [-0.1, -0.05) is 20.8 Å². The molecule has 0 aliphatic carbocycles. The van der Waals surface area contributed by atoms with Crippen molar-refractivity contribution in [2.75, 3.05) is 19.6 Å². The molecule has 0 amide bonds. The van der Waals surface area contributed by atoms with Crippen LogP contribution in [0.3, 0.4) is 0 Å². The van der Waals surface area contributed by atoms with E-state index in [1.54, 1.807) is 0 Å². The fourth-order valence-electron chi connectivity index (χ4n) is 5.47. The summed E-state index contributed by atoms with van der Waals surface area (Å²) in [7, 11) is 0. The Morgan fingerprint density at radius 2 is 1.71 bits per heavy atom. The fraction of sp³-hybridized carbons (Fsp3) is 1.00. The zero-order valence-corrected chi connectivity index (χ0v) is 14.4. The van der Waals surface area contributed by atoms with Crippen LogP contribution < -0.4 is 5.32 Å². The van der Waals surface area contributed by atoms with Gasteiger partial charge in [0.15, 0.2) is 0 Å². The third kappa shape index (κ3) is 2.89. The molecule has 21 heavy (non-hydrogen) atoms. The van der Waals surface area contributed by atoms with E-state index < -0.39 is 0 Å². The van der Waals surface area contributed by atoms with Crippen LogP contribution in [-0.2, 0) is 0 Å². The Morgan fingerprint density at radius 3 is 2.43 bits per heavy atom. The van der Waals surface area contributed by atoms with Crippen molar-refractivity contribution in [3.8, 4) is 0 Å². The summed E-state index contributed by atoms with van der Waals surface area (Å²) in [4.78, 5) is 5.78. The summed E-state index contributed by atoms with van der Waals surface area (Å²) in [6, 6.07) is 4.04. The van der Waals surface area contributed by atoms with E-state index in [4.69, 9.17) is 0 Å². The molecule has 0 spiro atoms. The molecule has 0 saturated carbocycles. The highest BCUT2D eigenvalue weighted by Gasteiger charge is 2.44. The molecule has 5 atom stereocenters. The van der Waals surface area contributed by atoms with Gasteiger partial charge in [-0.3, -0.25) is 9.80 Å². The van der Waals surface area contributed by atoms with Crippen LogP contribution in [0.4, 0.5) is 0 Å². The summed E-state index contributed by atoms with van der Waals surface area (Å²) < 4.78 is 0. The second kappa shape index (κ2) is 6.97. The lowest BCUT2D eigenvalue weighted by atomic mass is 9.99. The minimum absolute atomic E-state index is 0.735. The minimum atomic E-state index is 0.735. The number of nitrogens with zero attached hydrogens (tertiary/aromatic N) is 2. The normalized spacial score (nSPS) is 42.1. The van der Waals surface area contributed by atoms with Gasteiger partial charge in [-0.15, -0.1) is 0 Å². The zero-order valence-electron chi connectivity index (χ0n) is 14.4. The van der Waals surface area contributed by atoms with Crippen molar-refractivity contribution in [2.45, 2.75) is 95.9 Å². The number of rotatable bonds is 5. The maximum Gasteiger partial charge on any atom is 0.0266 e. The standard InChI is InChI=1S/C18H35N3/c1-4-14-8-7-12-20(14)18-10-13-21(16(18)6-3)17-9-11-19-15(17)5-2/h14-19H,4-13H2,1-3H3. The molecule has 3 aliphatic rings. The summed E-state index contributed by atoms with van der Waals surface area (Å²) in [5.41, 5.74) is 0. The van der Waals surface area contributed by atoms with Crippen LogP contribution in [0.15, 0.2) is 0 Å². The van der Waals surface area contributed by atoms with Gasteiger partial charge < -0.3 is 5.32 Å². The summed E-state index contributed by atoms with van der Waals surface area (Å²) in [5.74, 6) is 0. The van der Waals surface area contributed by atoms with Crippen LogP contribution in [-0.4, -0.2) is 59.6 Å². The lowest BCUT2D eigenvalue weighted by Crippen LogP contribution is -2.51. The molecule has 3 fully saturated rings. The van der Waals surface area contributed by atoms with Crippen LogP contribution in [0.1, 0.15) is 65.7 Å². The number of hydrogen-bond acceptors (Lipinski definition) is 3. The van der Waals surface area contributed by atoms with Crippen LogP contribution in [0, 0.1) is 0 Å². The van der Waals surface area contributed by atoms with E-state index in [0.29, 0.717) is 0 Å². The molecule has 0 radical (unpaired) electrons. The van der Waals surface area contributed by atoms with Gasteiger partial charge in [0.1, 0.15) is 0 Å². The molecule has 5 unspecified atom stereocenters. The number of likely N-dealkylation sites (tertiary alicyclic amines) is 2. The van der Waals surface area contributed by atoms with E-state index in [9.17, 15) is 0 Å². The van der Waals surface area contributed by atoms with E-state index in [1.165, 1.54) is 64.6 Å². The van der Waals surface area contributed by atoms with Gasteiger partial charge in [-0.25, -0.2) is 0 Å². The molecular weight excluding hydrogens is 258 g/mol. The third-order valence-corrected chi connectivity index (χ3v) is 6.47. The van der Waals surface area contributed by atoms with Crippen LogP contribution in [0.2, 0.25) is 0 Å². The molecule has 0 aromatic heterocycles. The Bertz CT molecular complexity index is 302. The van der Waals surface area contributed by atoms with Gasteiger partial charge >= 0.3 is 0 Å². The van der Waals surface area contributed by atoms with Gasteiger partial charge in [-0.05, 0) is 58.0 Å². The monoisotopic (exact) mass is 293 g/mol. The molecule has 3 saturated heterocycles. The number of hydrogen-bond donors (Lipinski definition) is 1. The maximum absolute atomic E-state index is 3.73. The predicted octanol–water partition coefficient (Wildman–Crippen LogP) is 2.85. The van der Waals surface area contributed by atoms with Crippen LogP contribution in [0.25, 0.3) is 0 Å². The Balaban J connectivity index is 1.71. The Morgan fingerprint density at radius 1 is 0.857 bits per heavy atom. The van der Waals surface area contributed by atoms with Gasteiger partial charge in [0.2, 0.25) is 0 Å². The molecule has 1 N–H and O–H groups in total. The van der Waals surface area contributed by atoms with Crippen LogP contribution >= 0.6 is 0 Å². The first kappa shape index (κ1) is 15.8. The van der Waals surface area contributed by atoms with Crippen molar-refractivity contribution in [3.05, 3.63) is 0 Å². The Hall–Kier alpha value is -0.120. The summed E-state index contributed by atoms with van der Waals surface area (Å²) in [6.07, 6.45) is 9.57. The Kier molecular flexibility index (Phi) is 5.23. The van der Waals surface area contributed by atoms with Crippen molar-refractivity contribution in [3.63, 3.8) is 0 Å². The first-order chi connectivity index (χ1) is 10.3. The summed E-state index contributed by atoms with van der Waals surface area (Å²) >= 11 is 0. The van der Waals surface area contributed by atoms with Crippen molar-refractivity contribution in [2.24, 2.45) is 0 Å². The number of nitrogens with one attached hydrogen (secondary N) is 1. The minimum Gasteiger partial charge on any atom is -0.312 e. The predicted molar refractivity (Wildman–Crippen MR) is 89.7 cm³/mol. The smallest absolute Gasteiger partial charge is 0.0266 e. The first-order valence-electron chi connectivity index (χ1n) is 9.54. The maximum atomic E-state index is 3.73. The molecule has 3 heterocycles. The zero-order chi connectivity index (χ0) is 14.8. The van der Waals surface area contributed by atoms with E-state index in [2.05, 4.69) is 35.9 Å². The van der Waals surface area contributed by atoms with Gasteiger partial charge in [0, 0.05) is 36.8 Å².